The largest absolute Gasteiger partial charge is 0.354 e. The van der Waals surface area contributed by atoms with Gasteiger partial charge in [-0.25, -0.2) is 0 Å². The molecule has 9 aromatic rings. The maximum atomic E-state index is 3.71. The van der Waals surface area contributed by atoms with Crippen molar-refractivity contribution >= 4 is 65.4 Å². The molecule has 12 bridgehead atoms. The van der Waals surface area contributed by atoms with Crippen molar-refractivity contribution < 1.29 is 0 Å². The molecule has 0 spiro atoms. The van der Waals surface area contributed by atoms with E-state index >= 15 is 0 Å². The lowest BCUT2D eigenvalue weighted by Crippen LogP contribution is -1.79. The summed E-state index contributed by atoms with van der Waals surface area (Å²) in [5.41, 5.74) is 14.2. The summed E-state index contributed by atoms with van der Waals surface area (Å²) < 4.78 is 0. The van der Waals surface area contributed by atoms with Crippen LogP contribution in [0.2, 0.25) is 0 Å². The van der Waals surface area contributed by atoms with E-state index in [0.717, 1.165) is 33.1 Å². The average molecular weight is 496 g/mol. The van der Waals surface area contributed by atoms with E-state index in [1.54, 1.807) is 0 Å². The maximum Gasteiger partial charge on any atom is 0.0471 e. The summed E-state index contributed by atoms with van der Waals surface area (Å²) in [6, 6.07) is 40.6. The Kier molecular flexibility index (Phi) is 3.44. The molecule has 0 aliphatic carbocycles. The van der Waals surface area contributed by atoms with E-state index in [1.165, 1.54) is 65.7 Å². The van der Waals surface area contributed by atoms with E-state index < -0.39 is 0 Å². The van der Waals surface area contributed by atoms with Crippen molar-refractivity contribution in [3.8, 4) is 33.4 Å². The van der Waals surface area contributed by atoms with Gasteiger partial charge in [-0.05, 0) is 69.8 Å². The van der Waals surface area contributed by atoms with E-state index in [-0.39, 0.29) is 0 Å². The van der Waals surface area contributed by atoms with Crippen LogP contribution < -0.4 is 0 Å². The normalized spacial score (nSPS) is 12.6. The number of aromatic nitrogens is 3. The second-order valence-electron chi connectivity index (χ2n) is 10.9. The summed E-state index contributed by atoms with van der Waals surface area (Å²) >= 11 is 0. The number of aromatic amines is 3. The Balaban J connectivity index is 1.33. The van der Waals surface area contributed by atoms with Gasteiger partial charge in [-0.2, -0.15) is 0 Å². The van der Waals surface area contributed by atoms with Gasteiger partial charge in [0.05, 0.1) is 0 Å². The molecule has 0 atom stereocenters. The highest BCUT2D eigenvalue weighted by molar-refractivity contribution is 6.12. The Bertz CT molecular complexity index is 2050. The fourth-order valence-corrected chi connectivity index (χ4v) is 6.81. The number of hydrogen-bond donors (Lipinski definition) is 3. The van der Waals surface area contributed by atoms with Gasteiger partial charge in [0, 0.05) is 65.4 Å². The van der Waals surface area contributed by atoms with Crippen molar-refractivity contribution in [2.45, 2.75) is 0 Å². The maximum absolute atomic E-state index is 3.71. The Morgan fingerprint density at radius 1 is 0.231 bits per heavy atom. The number of fused-ring (bicyclic) bond motifs is 12. The van der Waals surface area contributed by atoms with Crippen molar-refractivity contribution in [2.75, 3.05) is 0 Å². The summed E-state index contributed by atoms with van der Waals surface area (Å²) in [6.45, 7) is 0. The molecule has 0 saturated carbocycles. The molecule has 1 aliphatic rings. The first-order valence-corrected chi connectivity index (χ1v) is 13.4. The molecule has 3 nitrogen and oxygen atoms in total. The van der Waals surface area contributed by atoms with Crippen LogP contribution >= 0.6 is 0 Å². The summed E-state index contributed by atoms with van der Waals surface area (Å²) in [5, 5.41) is 7.52. The van der Waals surface area contributed by atoms with Gasteiger partial charge < -0.3 is 15.0 Å². The van der Waals surface area contributed by atoms with Crippen molar-refractivity contribution in [1.29, 1.82) is 0 Å². The van der Waals surface area contributed by atoms with E-state index in [4.69, 9.17) is 0 Å². The molecular formula is C36H21N3. The van der Waals surface area contributed by atoms with E-state index in [2.05, 4.69) is 124 Å². The predicted octanol–water partition coefficient (Wildman–Crippen LogP) is 9.90. The van der Waals surface area contributed by atoms with Gasteiger partial charge in [-0.15, -0.1) is 0 Å². The Morgan fingerprint density at radius 3 is 0.590 bits per heavy atom. The molecule has 4 heterocycles. The van der Waals surface area contributed by atoms with Crippen LogP contribution in [0.4, 0.5) is 0 Å². The van der Waals surface area contributed by atoms with Crippen LogP contribution in [0, 0.1) is 0 Å². The second-order valence-corrected chi connectivity index (χ2v) is 10.9. The van der Waals surface area contributed by atoms with Crippen LogP contribution in [-0.2, 0) is 0 Å². The molecule has 3 heteroatoms. The van der Waals surface area contributed by atoms with E-state index in [9.17, 15) is 0 Å². The molecule has 0 unspecified atom stereocenters. The highest BCUT2D eigenvalue weighted by atomic mass is 14.7. The molecule has 39 heavy (non-hydrogen) atoms. The highest BCUT2D eigenvalue weighted by Crippen LogP contribution is 2.37. The molecule has 10 rings (SSSR count). The number of hydrogen-bond acceptors (Lipinski definition) is 0. The number of rotatable bonds is 0. The number of nitrogens with one attached hydrogen (secondary N) is 3. The lowest BCUT2D eigenvalue weighted by atomic mass is 9.99. The van der Waals surface area contributed by atoms with Crippen LogP contribution in [0.25, 0.3) is 98.8 Å². The lowest BCUT2D eigenvalue weighted by Gasteiger charge is -2.04. The first-order valence-electron chi connectivity index (χ1n) is 13.4. The minimum absolute atomic E-state index is 1.16. The van der Waals surface area contributed by atoms with Crippen LogP contribution in [0.1, 0.15) is 0 Å². The van der Waals surface area contributed by atoms with Gasteiger partial charge in [-0.3, -0.25) is 0 Å². The van der Waals surface area contributed by atoms with Gasteiger partial charge in [-0.1, -0.05) is 72.8 Å². The van der Waals surface area contributed by atoms with Gasteiger partial charge in [0.25, 0.3) is 0 Å². The second kappa shape index (κ2) is 6.77. The zero-order chi connectivity index (χ0) is 25.2. The van der Waals surface area contributed by atoms with Crippen LogP contribution in [0.15, 0.2) is 109 Å². The summed E-state index contributed by atoms with van der Waals surface area (Å²) in [6.07, 6.45) is 0. The van der Waals surface area contributed by atoms with Crippen LogP contribution in [0.3, 0.4) is 0 Å². The van der Waals surface area contributed by atoms with Crippen molar-refractivity contribution in [3.05, 3.63) is 109 Å². The molecule has 3 aromatic heterocycles. The standard InChI is InChI=1S/C36H21N3/c1-7-25-26-9-3-21-15-33(26)37-31(25)13-19(1)20-2-8-27-28-10-4-23(16-34(28)38-32(27)14-20)24-6-12-30-29-11-5-22(21)17-35(29)39-36(30)18-24/h1-18,37-39H. The summed E-state index contributed by atoms with van der Waals surface area (Å²) in [7, 11) is 0. The Hall–Kier alpha value is -5.28. The smallest absolute Gasteiger partial charge is 0.0471 e. The molecule has 0 saturated heterocycles. The third-order valence-corrected chi connectivity index (χ3v) is 8.80. The van der Waals surface area contributed by atoms with Gasteiger partial charge in [0.15, 0.2) is 0 Å². The molecule has 1 aliphatic heterocycles. The molecule has 3 N–H and O–H groups in total. The van der Waals surface area contributed by atoms with Gasteiger partial charge in [0.1, 0.15) is 0 Å². The van der Waals surface area contributed by atoms with Crippen LogP contribution in [0.5, 0.6) is 0 Å². The lowest BCUT2D eigenvalue weighted by molar-refractivity contribution is 1.53. The quantitative estimate of drug-likeness (QED) is 0.187. The summed E-state index contributed by atoms with van der Waals surface area (Å²) in [5.74, 6) is 0. The number of benzene rings is 6. The molecule has 6 aromatic carbocycles. The molecule has 0 fully saturated rings. The highest BCUT2D eigenvalue weighted by Gasteiger charge is 2.13. The molecule has 0 amide bonds. The molecular weight excluding hydrogens is 474 g/mol. The summed E-state index contributed by atoms with van der Waals surface area (Å²) in [4.78, 5) is 11.1. The van der Waals surface area contributed by atoms with Crippen molar-refractivity contribution in [1.82, 2.24) is 15.0 Å². The third-order valence-electron chi connectivity index (χ3n) is 8.80. The number of H-pyrrole nitrogens is 3. The molecule has 0 radical (unpaired) electrons. The topological polar surface area (TPSA) is 47.4 Å². The van der Waals surface area contributed by atoms with Gasteiger partial charge >= 0.3 is 0 Å². The fourth-order valence-electron chi connectivity index (χ4n) is 6.81. The predicted molar refractivity (Wildman–Crippen MR) is 164 cm³/mol. The monoisotopic (exact) mass is 495 g/mol. The van der Waals surface area contributed by atoms with Crippen molar-refractivity contribution in [2.24, 2.45) is 0 Å². The SMILES string of the molecule is c1cc2c3cc1-c1ccc4c(c1)[nH]c1cc(ccc14)-c1ccc4c(c1)[nH]c1cc(ccc14)-c1ccc2c(c1)[nH]3. The third kappa shape index (κ3) is 2.61. The van der Waals surface area contributed by atoms with Crippen molar-refractivity contribution in [3.63, 3.8) is 0 Å². The Morgan fingerprint density at radius 2 is 0.410 bits per heavy atom. The minimum atomic E-state index is 1.16. The zero-order valence-electron chi connectivity index (χ0n) is 20.9. The fraction of sp³-hybridized carbons (Fsp3) is 0. The molecule has 180 valence electrons. The van der Waals surface area contributed by atoms with E-state index in [0.29, 0.717) is 0 Å². The van der Waals surface area contributed by atoms with Gasteiger partial charge in [0.2, 0.25) is 0 Å². The minimum Gasteiger partial charge on any atom is -0.354 e. The van der Waals surface area contributed by atoms with E-state index in [1.807, 2.05) is 0 Å². The first-order chi connectivity index (χ1) is 19.2. The zero-order valence-corrected chi connectivity index (χ0v) is 20.9. The van der Waals surface area contributed by atoms with Crippen LogP contribution in [-0.4, -0.2) is 15.0 Å². The average Bonchev–Trinajstić information content (AvgIpc) is 3.64. The first kappa shape index (κ1) is 19.8. The Labute approximate surface area is 222 Å².